The Morgan fingerprint density at radius 2 is 1.97 bits per heavy atom. The number of esters is 1. The highest BCUT2D eigenvalue weighted by Gasteiger charge is 2.42. The lowest BCUT2D eigenvalue weighted by Crippen LogP contribution is -2.38. The summed E-state index contributed by atoms with van der Waals surface area (Å²) >= 11 is 1.39. The fourth-order valence-corrected chi connectivity index (χ4v) is 4.97. The van der Waals surface area contributed by atoms with Gasteiger partial charge >= 0.3 is 5.97 Å². The van der Waals surface area contributed by atoms with E-state index in [2.05, 4.69) is 10.3 Å². The van der Waals surface area contributed by atoms with Crippen molar-refractivity contribution in [1.29, 1.82) is 0 Å². The Morgan fingerprint density at radius 1 is 1.18 bits per heavy atom. The van der Waals surface area contributed by atoms with Crippen molar-refractivity contribution in [3.63, 3.8) is 0 Å². The van der Waals surface area contributed by atoms with Gasteiger partial charge in [-0.2, -0.15) is 0 Å². The molecular formula is C25H24FN3O4S. The zero-order chi connectivity index (χ0) is 24.2. The van der Waals surface area contributed by atoms with Crippen LogP contribution in [-0.4, -0.2) is 36.2 Å². The number of rotatable bonds is 7. The van der Waals surface area contributed by atoms with E-state index in [1.807, 2.05) is 34.6 Å². The Labute approximate surface area is 201 Å². The third-order valence-corrected chi connectivity index (χ3v) is 6.45. The normalized spacial score (nSPS) is 17.1. The molecule has 0 bridgehead atoms. The average molecular weight is 482 g/mol. The van der Waals surface area contributed by atoms with Gasteiger partial charge in [0.2, 0.25) is 5.91 Å². The first-order valence-electron chi connectivity index (χ1n) is 10.6. The van der Waals surface area contributed by atoms with Gasteiger partial charge in [-0.15, -0.1) is 0 Å². The second-order valence-corrected chi connectivity index (χ2v) is 8.55. The Hall–Kier alpha value is -3.59. The largest absolute Gasteiger partial charge is 0.496 e. The summed E-state index contributed by atoms with van der Waals surface area (Å²) in [6.07, 6.45) is 0.0560. The molecule has 0 aromatic heterocycles. The van der Waals surface area contributed by atoms with E-state index in [1.54, 1.807) is 26.2 Å². The van der Waals surface area contributed by atoms with Crippen molar-refractivity contribution in [3.8, 4) is 5.75 Å². The molecule has 1 unspecified atom stereocenters. The van der Waals surface area contributed by atoms with Crippen molar-refractivity contribution < 1.29 is 23.5 Å². The van der Waals surface area contributed by atoms with Crippen molar-refractivity contribution in [3.05, 3.63) is 87.9 Å². The third-order valence-electron chi connectivity index (χ3n) is 5.56. The number of allylic oxidation sites excluding steroid dienone is 1. The van der Waals surface area contributed by atoms with Gasteiger partial charge in [0.15, 0.2) is 5.17 Å². The number of hydrogen-bond acceptors (Lipinski definition) is 7. The van der Waals surface area contributed by atoms with Crippen LogP contribution in [0.15, 0.2) is 75.9 Å². The van der Waals surface area contributed by atoms with Crippen LogP contribution in [-0.2, 0) is 20.9 Å². The summed E-state index contributed by atoms with van der Waals surface area (Å²) in [4.78, 5) is 32.1. The molecule has 0 radical (unpaired) electrons. The van der Waals surface area contributed by atoms with E-state index in [0.29, 0.717) is 33.4 Å². The van der Waals surface area contributed by atoms with Crippen molar-refractivity contribution >= 4 is 28.8 Å². The molecule has 1 N–H and O–H groups in total. The Balaban J connectivity index is 1.62. The molecular weight excluding hydrogens is 457 g/mol. The predicted octanol–water partition coefficient (Wildman–Crippen LogP) is 4.29. The molecule has 2 aliphatic heterocycles. The van der Waals surface area contributed by atoms with Crippen LogP contribution in [0.25, 0.3) is 0 Å². The maximum Gasteiger partial charge on any atom is 0.338 e. The summed E-state index contributed by atoms with van der Waals surface area (Å²) in [5, 5.41) is 5.35. The third kappa shape index (κ3) is 4.70. The van der Waals surface area contributed by atoms with E-state index >= 15 is 0 Å². The van der Waals surface area contributed by atoms with Crippen molar-refractivity contribution in [2.24, 2.45) is 4.99 Å². The van der Waals surface area contributed by atoms with E-state index in [-0.39, 0.29) is 24.7 Å². The number of hydrogen-bond donors (Lipinski definition) is 1. The zero-order valence-electron chi connectivity index (χ0n) is 19.0. The summed E-state index contributed by atoms with van der Waals surface area (Å²) in [6, 6.07) is 12.9. The molecule has 2 aliphatic rings. The van der Waals surface area contributed by atoms with Crippen LogP contribution in [0.5, 0.6) is 5.75 Å². The number of amidine groups is 1. The van der Waals surface area contributed by atoms with Crippen LogP contribution in [0.2, 0.25) is 0 Å². The van der Waals surface area contributed by atoms with Gasteiger partial charge in [0.25, 0.3) is 0 Å². The number of halogens is 1. The molecule has 2 aromatic carbocycles. The van der Waals surface area contributed by atoms with E-state index in [1.165, 1.54) is 31.0 Å². The van der Waals surface area contributed by atoms with Gasteiger partial charge in [-0.1, -0.05) is 42.1 Å². The summed E-state index contributed by atoms with van der Waals surface area (Å²) in [5.41, 5.74) is 3.04. The quantitative estimate of drug-likeness (QED) is 0.595. The molecule has 2 heterocycles. The Kier molecular flexibility index (Phi) is 7.02. The monoisotopic (exact) mass is 481 g/mol. The minimum absolute atomic E-state index is 0.0560. The molecule has 0 saturated carbocycles. The molecule has 7 nitrogen and oxygen atoms in total. The smallest absolute Gasteiger partial charge is 0.338 e. The molecule has 9 heteroatoms. The fraction of sp³-hybridized carbons (Fsp3) is 0.240. The number of thioether (sulfide) groups is 1. The van der Waals surface area contributed by atoms with Gasteiger partial charge in [-0.25, -0.2) is 14.2 Å². The minimum Gasteiger partial charge on any atom is -0.496 e. The highest BCUT2D eigenvalue weighted by molar-refractivity contribution is 8.16. The number of ether oxygens (including phenoxy) is 2. The molecule has 0 fully saturated rings. The molecule has 0 aliphatic carbocycles. The predicted molar refractivity (Wildman–Crippen MR) is 128 cm³/mol. The number of benzene rings is 2. The van der Waals surface area contributed by atoms with Crippen LogP contribution in [0.4, 0.5) is 4.39 Å². The summed E-state index contributed by atoms with van der Waals surface area (Å²) in [7, 11) is 2.90. The number of methoxy groups -OCH3 is 2. The van der Waals surface area contributed by atoms with Crippen LogP contribution >= 0.6 is 11.8 Å². The highest BCUT2D eigenvalue weighted by Crippen LogP contribution is 2.46. The Bertz CT molecular complexity index is 1220. The van der Waals surface area contributed by atoms with Gasteiger partial charge in [0, 0.05) is 17.8 Å². The lowest BCUT2D eigenvalue weighted by atomic mass is 9.93. The summed E-state index contributed by atoms with van der Waals surface area (Å²) in [5.74, 6) is -0.479. The van der Waals surface area contributed by atoms with E-state index < -0.39 is 12.0 Å². The van der Waals surface area contributed by atoms with Crippen LogP contribution < -0.4 is 10.1 Å². The first-order chi connectivity index (χ1) is 16.4. The first-order valence-corrected chi connectivity index (χ1v) is 11.5. The number of carbonyl (C=O) groups is 2. The van der Waals surface area contributed by atoms with Gasteiger partial charge < -0.3 is 19.7 Å². The SMILES string of the molecule is COC(=O)C1=C(C)N=C2SC=C(CC(=O)NCc3cccc(F)c3)N2C1c1ccccc1OC. The van der Waals surface area contributed by atoms with Gasteiger partial charge in [-0.3, -0.25) is 4.79 Å². The fourth-order valence-electron chi connectivity index (χ4n) is 4.00. The molecule has 2 aromatic rings. The number of aliphatic imine (C=N–C) groups is 1. The topological polar surface area (TPSA) is 80.2 Å². The molecule has 0 spiro atoms. The highest BCUT2D eigenvalue weighted by atomic mass is 32.2. The Morgan fingerprint density at radius 3 is 2.71 bits per heavy atom. The second kappa shape index (κ2) is 10.1. The van der Waals surface area contributed by atoms with E-state index in [9.17, 15) is 14.0 Å². The molecule has 4 rings (SSSR count). The number of para-hydroxylation sites is 1. The number of fused-ring (bicyclic) bond motifs is 1. The number of amides is 1. The van der Waals surface area contributed by atoms with Gasteiger partial charge in [0.05, 0.1) is 38.0 Å². The summed E-state index contributed by atoms with van der Waals surface area (Å²) < 4.78 is 24.1. The first kappa shape index (κ1) is 23.6. The zero-order valence-corrected chi connectivity index (χ0v) is 19.8. The van der Waals surface area contributed by atoms with E-state index in [4.69, 9.17) is 9.47 Å². The average Bonchev–Trinajstić information content (AvgIpc) is 3.23. The van der Waals surface area contributed by atoms with Crippen molar-refractivity contribution in [2.45, 2.75) is 25.9 Å². The van der Waals surface area contributed by atoms with Crippen LogP contribution in [0.1, 0.15) is 30.5 Å². The van der Waals surface area contributed by atoms with Crippen LogP contribution in [0, 0.1) is 5.82 Å². The number of carbonyl (C=O) groups excluding carboxylic acids is 2. The lowest BCUT2D eigenvalue weighted by Gasteiger charge is -2.36. The second-order valence-electron chi connectivity index (χ2n) is 7.71. The van der Waals surface area contributed by atoms with Gasteiger partial charge in [0.1, 0.15) is 11.6 Å². The molecule has 176 valence electrons. The maximum atomic E-state index is 13.4. The number of nitrogens with zero attached hydrogens (tertiary/aromatic N) is 2. The van der Waals surface area contributed by atoms with Crippen LogP contribution in [0.3, 0.4) is 0 Å². The molecule has 34 heavy (non-hydrogen) atoms. The standard InChI is InChI=1S/C25H24FN3O4S/c1-15-22(24(31)33-3)23(19-9-4-5-10-20(19)32-2)29-18(14-34-25(29)28-15)12-21(30)27-13-16-7-6-8-17(26)11-16/h4-11,14,23H,12-13H2,1-3H3,(H,27,30). The molecule has 1 amide bonds. The number of nitrogens with one attached hydrogen (secondary N) is 1. The molecule has 1 atom stereocenters. The van der Waals surface area contributed by atoms with Gasteiger partial charge in [-0.05, 0) is 36.1 Å². The van der Waals surface area contributed by atoms with Crippen molar-refractivity contribution in [1.82, 2.24) is 10.2 Å². The van der Waals surface area contributed by atoms with E-state index in [0.717, 1.165) is 5.56 Å². The lowest BCUT2D eigenvalue weighted by molar-refractivity contribution is -0.136. The molecule has 0 saturated heterocycles. The van der Waals surface area contributed by atoms with Crippen molar-refractivity contribution in [2.75, 3.05) is 14.2 Å². The summed E-state index contributed by atoms with van der Waals surface area (Å²) in [6.45, 7) is 1.98. The minimum atomic E-state index is -0.576. The maximum absolute atomic E-state index is 13.4.